The minimum absolute atomic E-state index is 0.0458. The van der Waals surface area contributed by atoms with Gasteiger partial charge in [0, 0.05) is 5.56 Å². The van der Waals surface area contributed by atoms with Gasteiger partial charge < -0.3 is 15.0 Å². The van der Waals surface area contributed by atoms with Gasteiger partial charge in [-0.2, -0.15) is 13.2 Å². The number of nitrogens with one attached hydrogen (secondary N) is 2. The van der Waals surface area contributed by atoms with Gasteiger partial charge in [-0.25, -0.2) is 4.98 Å². The highest BCUT2D eigenvalue weighted by Gasteiger charge is 2.28. The number of nitrogens with zero attached hydrogens (tertiary/aromatic N) is 1. The molecular formula is C21H20F3N3O2. The number of carbonyl (C=O) groups excluding carboxylic acids is 1. The number of imidazole rings is 1. The van der Waals surface area contributed by atoms with E-state index in [1.165, 1.54) is 24.3 Å². The predicted octanol–water partition coefficient (Wildman–Crippen LogP) is 4.90. The first-order chi connectivity index (χ1) is 13.9. The summed E-state index contributed by atoms with van der Waals surface area (Å²) < 4.78 is 41.3. The van der Waals surface area contributed by atoms with E-state index in [-0.39, 0.29) is 17.7 Å². The molecule has 2 aromatic carbocycles. The monoisotopic (exact) mass is 403 g/mol. The molecule has 1 aromatic heterocycles. The fourth-order valence-electron chi connectivity index (χ4n) is 2.75. The summed E-state index contributed by atoms with van der Waals surface area (Å²) in [6.45, 7) is 0.544. The maximum atomic E-state index is 12.5. The van der Waals surface area contributed by atoms with Crippen molar-refractivity contribution >= 4 is 5.91 Å². The minimum Gasteiger partial charge on any atom is -0.484 e. The Morgan fingerprint density at radius 2 is 1.83 bits per heavy atom. The summed E-state index contributed by atoms with van der Waals surface area (Å²) >= 11 is 0. The molecule has 152 valence electrons. The SMILES string of the molecule is CCC(NC(=O)c1ccc(OCC(F)(F)F)cc1)c1ncc(-c2ccccc2)[nH]1. The van der Waals surface area contributed by atoms with Crippen LogP contribution < -0.4 is 10.1 Å². The molecule has 1 heterocycles. The van der Waals surface area contributed by atoms with Crippen LogP contribution in [0.5, 0.6) is 5.75 Å². The molecule has 3 rings (SSSR count). The Morgan fingerprint density at radius 3 is 2.45 bits per heavy atom. The molecule has 1 amide bonds. The zero-order valence-corrected chi connectivity index (χ0v) is 15.7. The topological polar surface area (TPSA) is 67.0 Å². The second-order valence-corrected chi connectivity index (χ2v) is 6.41. The van der Waals surface area contributed by atoms with Gasteiger partial charge in [0.1, 0.15) is 11.6 Å². The van der Waals surface area contributed by atoms with Crippen molar-refractivity contribution in [2.75, 3.05) is 6.61 Å². The van der Waals surface area contributed by atoms with E-state index in [9.17, 15) is 18.0 Å². The minimum atomic E-state index is -4.41. The van der Waals surface area contributed by atoms with Crippen LogP contribution in [0.2, 0.25) is 0 Å². The van der Waals surface area contributed by atoms with Crippen LogP contribution in [0.25, 0.3) is 11.3 Å². The van der Waals surface area contributed by atoms with Crippen molar-refractivity contribution in [3.63, 3.8) is 0 Å². The first-order valence-corrected chi connectivity index (χ1v) is 9.06. The van der Waals surface area contributed by atoms with Crippen LogP contribution >= 0.6 is 0 Å². The molecule has 2 N–H and O–H groups in total. The van der Waals surface area contributed by atoms with Gasteiger partial charge in [0.25, 0.3) is 5.91 Å². The number of H-pyrrole nitrogens is 1. The molecule has 0 bridgehead atoms. The Bertz CT molecular complexity index is 938. The number of carbonyl (C=O) groups is 1. The smallest absolute Gasteiger partial charge is 0.422 e. The molecule has 3 aromatic rings. The van der Waals surface area contributed by atoms with Gasteiger partial charge >= 0.3 is 6.18 Å². The second-order valence-electron chi connectivity index (χ2n) is 6.41. The van der Waals surface area contributed by atoms with Crippen molar-refractivity contribution in [3.8, 4) is 17.0 Å². The number of hydrogen-bond acceptors (Lipinski definition) is 3. The van der Waals surface area contributed by atoms with Crippen molar-refractivity contribution in [2.45, 2.75) is 25.6 Å². The van der Waals surface area contributed by atoms with Gasteiger partial charge in [0.15, 0.2) is 6.61 Å². The highest BCUT2D eigenvalue weighted by Crippen LogP contribution is 2.22. The fourth-order valence-corrected chi connectivity index (χ4v) is 2.75. The highest BCUT2D eigenvalue weighted by molar-refractivity contribution is 5.94. The predicted molar refractivity (Wildman–Crippen MR) is 103 cm³/mol. The van der Waals surface area contributed by atoms with E-state index in [4.69, 9.17) is 0 Å². The highest BCUT2D eigenvalue weighted by atomic mass is 19.4. The van der Waals surface area contributed by atoms with Crippen molar-refractivity contribution in [2.24, 2.45) is 0 Å². The number of aromatic amines is 1. The lowest BCUT2D eigenvalue weighted by Gasteiger charge is -2.15. The molecule has 0 spiro atoms. The van der Waals surface area contributed by atoms with Gasteiger partial charge in [0.2, 0.25) is 0 Å². The number of rotatable bonds is 7. The Morgan fingerprint density at radius 1 is 1.14 bits per heavy atom. The first-order valence-electron chi connectivity index (χ1n) is 9.06. The molecule has 0 fully saturated rings. The Balaban J connectivity index is 1.65. The number of halogens is 3. The number of benzene rings is 2. The molecule has 0 saturated carbocycles. The summed E-state index contributed by atoms with van der Waals surface area (Å²) in [5.41, 5.74) is 2.15. The quantitative estimate of drug-likeness (QED) is 0.590. The van der Waals surface area contributed by atoms with Crippen LogP contribution in [0.15, 0.2) is 60.8 Å². The van der Waals surface area contributed by atoms with Crippen molar-refractivity contribution in [3.05, 3.63) is 72.2 Å². The van der Waals surface area contributed by atoms with Crippen LogP contribution in [0, 0.1) is 0 Å². The molecule has 8 heteroatoms. The number of aromatic nitrogens is 2. The van der Waals surface area contributed by atoms with Gasteiger partial charge in [-0.3, -0.25) is 4.79 Å². The van der Waals surface area contributed by atoms with E-state index in [1.807, 2.05) is 37.3 Å². The molecular weight excluding hydrogens is 383 g/mol. The van der Waals surface area contributed by atoms with Crippen molar-refractivity contribution < 1.29 is 22.7 Å². The Kier molecular flexibility index (Phi) is 6.21. The summed E-state index contributed by atoms with van der Waals surface area (Å²) in [6.07, 6.45) is -2.08. The second kappa shape index (κ2) is 8.81. The maximum Gasteiger partial charge on any atom is 0.422 e. The molecule has 1 atom stereocenters. The van der Waals surface area contributed by atoms with Crippen LogP contribution in [-0.2, 0) is 0 Å². The van der Waals surface area contributed by atoms with Gasteiger partial charge in [-0.05, 0) is 36.2 Å². The molecule has 0 aliphatic heterocycles. The molecule has 0 radical (unpaired) electrons. The van der Waals surface area contributed by atoms with Crippen molar-refractivity contribution in [1.82, 2.24) is 15.3 Å². The lowest BCUT2D eigenvalue weighted by Crippen LogP contribution is -2.28. The van der Waals surface area contributed by atoms with E-state index < -0.39 is 12.8 Å². The van der Waals surface area contributed by atoms with E-state index >= 15 is 0 Å². The molecule has 0 aliphatic carbocycles. The van der Waals surface area contributed by atoms with E-state index in [0.717, 1.165) is 11.3 Å². The summed E-state index contributed by atoms with van der Waals surface area (Å²) in [4.78, 5) is 20.1. The largest absolute Gasteiger partial charge is 0.484 e. The lowest BCUT2D eigenvalue weighted by molar-refractivity contribution is -0.153. The van der Waals surface area contributed by atoms with Gasteiger partial charge in [0.05, 0.1) is 17.9 Å². The first kappa shape index (κ1) is 20.4. The normalized spacial score (nSPS) is 12.4. The lowest BCUT2D eigenvalue weighted by atomic mass is 10.1. The molecule has 0 saturated heterocycles. The van der Waals surface area contributed by atoms with Crippen LogP contribution in [0.4, 0.5) is 13.2 Å². The average Bonchev–Trinajstić information content (AvgIpc) is 3.21. The van der Waals surface area contributed by atoms with E-state index in [0.29, 0.717) is 17.8 Å². The van der Waals surface area contributed by atoms with Crippen LogP contribution in [0.3, 0.4) is 0 Å². The molecule has 0 aliphatic rings. The Hall–Kier alpha value is -3.29. The zero-order chi connectivity index (χ0) is 20.9. The summed E-state index contributed by atoms with van der Waals surface area (Å²) in [6, 6.07) is 14.9. The molecule has 5 nitrogen and oxygen atoms in total. The van der Waals surface area contributed by atoms with Crippen molar-refractivity contribution in [1.29, 1.82) is 0 Å². The maximum absolute atomic E-state index is 12.5. The van der Waals surface area contributed by atoms with E-state index in [2.05, 4.69) is 20.0 Å². The molecule has 1 unspecified atom stereocenters. The standard InChI is InChI=1S/C21H20F3N3O2/c1-2-17(19-25-12-18(26-19)14-6-4-3-5-7-14)27-20(28)15-8-10-16(11-9-15)29-13-21(22,23)24/h3-12,17H,2,13H2,1H3,(H,25,26)(H,27,28). The summed E-state index contributed by atoms with van der Waals surface area (Å²) in [5.74, 6) is 0.325. The number of alkyl halides is 3. The Labute approximate surface area is 165 Å². The average molecular weight is 403 g/mol. The number of hydrogen-bond donors (Lipinski definition) is 2. The van der Waals surface area contributed by atoms with Crippen LogP contribution in [0.1, 0.15) is 35.6 Å². The van der Waals surface area contributed by atoms with Gasteiger partial charge in [-0.1, -0.05) is 37.3 Å². The van der Waals surface area contributed by atoms with Gasteiger partial charge in [-0.15, -0.1) is 0 Å². The number of ether oxygens (including phenoxy) is 1. The third kappa shape index (κ3) is 5.60. The molecule has 29 heavy (non-hydrogen) atoms. The summed E-state index contributed by atoms with van der Waals surface area (Å²) in [7, 11) is 0. The third-order valence-electron chi connectivity index (χ3n) is 4.24. The number of amides is 1. The fraction of sp³-hybridized carbons (Fsp3) is 0.238. The van der Waals surface area contributed by atoms with Crippen LogP contribution in [-0.4, -0.2) is 28.7 Å². The summed E-state index contributed by atoms with van der Waals surface area (Å²) in [5, 5.41) is 2.89. The third-order valence-corrected chi connectivity index (χ3v) is 4.24. The van der Waals surface area contributed by atoms with E-state index in [1.54, 1.807) is 6.20 Å². The zero-order valence-electron chi connectivity index (χ0n) is 15.7.